The Morgan fingerprint density at radius 3 is 2.24 bits per heavy atom. The van der Waals surface area contributed by atoms with E-state index in [0.29, 0.717) is 35.6 Å². The van der Waals surface area contributed by atoms with E-state index in [1.54, 1.807) is 12.1 Å². The number of nitrogens with zero attached hydrogens (tertiary/aromatic N) is 3. The van der Waals surface area contributed by atoms with Gasteiger partial charge in [0, 0.05) is 30.7 Å². The highest BCUT2D eigenvalue weighted by atomic mass is 16.2. The molecule has 7 heteroatoms. The molecule has 37 heavy (non-hydrogen) atoms. The van der Waals surface area contributed by atoms with E-state index < -0.39 is 0 Å². The van der Waals surface area contributed by atoms with E-state index in [-0.39, 0.29) is 29.7 Å². The molecule has 4 aliphatic rings. The Bertz CT molecular complexity index is 1240. The van der Waals surface area contributed by atoms with Crippen molar-refractivity contribution in [1.82, 2.24) is 19.4 Å². The maximum absolute atomic E-state index is 13.9. The molecule has 1 aromatic heterocycles. The maximum Gasteiger partial charge on any atom is 0.332 e. The summed E-state index contributed by atoms with van der Waals surface area (Å²) in [7, 11) is 0. The molecular weight excluding hydrogens is 464 g/mol. The number of amides is 1. The van der Waals surface area contributed by atoms with Gasteiger partial charge in [0.2, 0.25) is 5.91 Å². The average molecular weight is 507 g/mol. The van der Waals surface area contributed by atoms with Crippen molar-refractivity contribution in [3.05, 3.63) is 45.1 Å². The van der Waals surface area contributed by atoms with Crippen LogP contribution in [0.4, 0.5) is 0 Å². The zero-order chi connectivity index (χ0) is 25.5. The van der Waals surface area contributed by atoms with Gasteiger partial charge < -0.3 is 5.32 Å². The molecule has 2 aliphatic heterocycles. The lowest BCUT2D eigenvalue weighted by Crippen LogP contribution is -2.59. The average Bonchev–Trinajstić information content (AvgIpc) is 2.89. The number of carbonyl (C=O) groups excluding carboxylic acids is 1. The minimum atomic E-state index is -0.334. The first-order valence-electron chi connectivity index (χ1n) is 14.8. The van der Waals surface area contributed by atoms with Crippen LogP contribution in [0.2, 0.25) is 0 Å². The Labute approximate surface area is 219 Å². The van der Waals surface area contributed by atoms with Crippen LogP contribution >= 0.6 is 0 Å². The van der Waals surface area contributed by atoms with Gasteiger partial charge in [-0.25, -0.2) is 4.79 Å². The summed E-state index contributed by atoms with van der Waals surface area (Å²) in [5.74, 6) is 1.60. The van der Waals surface area contributed by atoms with Crippen molar-refractivity contribution < 1.29 is 4.79 Å². The zero-order valence-corrected chi connectivity index (χ0v) is 22.2. The van der Waals surface area contributed by atoms with Crippen LogP contribution < -0.4 is 16.6 Å². The van der Waals surface area contributed by atoms with Crippen LogP contribution in [0.3, 0.4) is 0 Å². The predicted molar refractivity (Wildman–Crippen MR) is 146 cm³/mol. The molecule has 2 aliphatic carbocycles. The summed E-state index contributed by atoms with van der Waals surface area (Å²) in [4.78, 5) is 43.1. The van der Waals surface area contributed by atoms with Crippen molar-refractivity contribution in [2.45, 2.75) is 115 Å². The molecule has 6 rings (SSSR count). The van der Waals surface area contributed by atoms with Crippen LogP contribution in [-0.4, -0.2) is 44.6 Å². The van der Waals surface area contributed by atoms with Gasteiger partial charge in [0.1, 0.15) is 6.54 Å². The first-order valence-corrected chi connectivity index (χ1v) is 14.8. The minimum Gasteiger partial charge on any atom is -0.355 e. The summed E-state index contributed by atoms with van der Waals surface area (Å²) in [5, 5.41) is 3.41. The van der Waals surface area contributed by atoms with Gasteiger partial charge in [0.15, 0.2) is 0 Å². The van der Waals surface area contributed by atoms with Gasteiger partial charge in [0.25, 0.3) is 5.56 Å². The second-order valence-electron chi connectivity index (χ2n) is 12.2. The highest BCUT2D eigenvalue weighted by Crippen LogP contribution is 2.47. The van der Waals surface area contributed by atoms with Crippen LogP contribution in [-0.2, 0) is 11.3 Å². The second kappa shape index (κ2) is 10.4. The molecule has 4 unspecified atom stereocenters. The van der Waals surface area contributed by atoms with Crippen LogP contribution in [0.15, 0.2) is 33.9 Å². The molecule has 1 amide bonds. The van der Waals surface area contributed by atoms with Crippen molar-refractivity contribution in [2.24, 2.45) is 11.8 Å². The quantitative estimate of drug-likeness (QED) is 0.637. The molecule has 0 radical (unpaired) electrons. The molecule has 200 valence electrons. The largest absolute Gasteiger partial charge is 0.355 e. The van der Waals surface area contributed by atoms with Crippen LogP contribution in [0, 0.1) is 11.8 Å². The molecule has 3 heterocycles. The van der Waals surface area contributed by atoms with Gasteiger partial charge >= 0.3 is 5.69 Å². The summed E-state index contributed by atoms with van der Waals surface area (Å²) < 4.78 is 3.04. The van der Waals surface area contributed by atoms with Crippen molar-refractivity contribution in [2.75, 3.05) is 6.54 Å². The normalized spacial score (nSPS) is 31.8. The lowest BCUT2D eigenvalue weighted by atomic mass is 9.68. The molecule has 2 saturated heterocycles. The monoisotopic (exact) mass is 506 g/mol. The summed E-state index contributed by atoms with van der Waals surface area (Å²) in [5.41, 5.74) is 0.0142. The van der Waals surface area contributed by atoms with Crippen molar-refractivity contribution >= 4 is 16.8 Å². The fourth-order valence-electron chi connectivity index (χ4n) is 8.41. The van der Waals surface area contributed by atoms with Gasteiger partial charge in [0.05, 0.1) is 10.9 Å². The summed E-state index contributed by atoms with van der Waals surface area (Å²) >= 11 is 0. The number of carbonyl (C=O) groups is 1. The third kappa shape index (κ3) is 4.68. The fourth-order valence-corrected chi connectivity index (χ4v) is 8.41. The molecule has 2 aromatic rings. The van der Waals surface area contributed by atoms with Gasteiger partial charge in [-0.1, -0.05) is 44.7 Å². The smallest absolute Gasteiger partial charge is 0.332 e. The molecule has 4 fully saturated rings. The fraction of sp³-hybridized carbons (Fsp3) is 0.700. The second-order valence-corrected chi connectivity index (χ2v) is 12.2. The number of nitrogens with one attached hydrogen (secondary N) is 1. The van der Waals surface area contributed by atoms with Crippen LogP contribution in [0.1, 0.15) is 90.0 Å². The van der Waals surface area contributed by atoms with Crippen molar-refractivity contribution in [1.29, 1.82) is 0 Å². The van der Waals surface area contributed by atoms with Crippen molar-refractivity contribution in [3.63, 3.8) is 0 Å². The predicted octanol–water partition coefficient (Wildman–Crippen LogP) is 4.22. The molecule has 4 atom stereocenters. The van der Waals surface area contributed by atoms with Crippen molar-refractivity contribution in [3.8, 4) is 0 Å². The Kier molecular flexibility index (Phi) is 6.99. The zero-order valence-electron chi connectivity index (χ0n) is 22.2. The van der Waals surface area contributed by atoms with E-state index in [1.165, 1.54) is 54.1 Å². The number of hydrogen-bond donors (Lipinski definition) is 1. The third-order valence-electron chi connectivity index (χ3n) is 9.85. The lowest BCUT2D eigenvalue weighted by Gasteiger charge is -2.55. The first kappa shape index (κ1) is 24.9. The maximum atomic E-state index is 13.9. The Hall–Kier alpha value is -2.41. The summed E-state index contributed by atoms with van der Waals surface area (Å²) in [6, 6.07) is 8.71. The minimum absolute atomic E-state index is 0.0593. The molecule has 7 nitrogen and oxygen atoms in total. The van der Waals surface area contributed by atoms with Crippen LogP contribution in [0.5, 0.6) is 0 Å². The Morgan fingerprint density at radius 1 is 0.865 bits per heavy atom. The summed E-state index contributed by atoms with van der Waals surface area (Å²) in [6.07, 6.45) is 14.4. The van der Waals surface area contributed by atoms with E-state index >= 15 is 0 Å². The van der Waals surface area contributed by atoms with Gasteiger partial charge in [-0.15, -0.1) is 0 Å². The highest BCUT2D eigenvalue weighted by molar-refractivity contribution is 5.81. The topological polar surface area (TPSA) is 76.3 Å². The molecule has 1 aromatic carbocycles. The van der Waals surface area contributed by atoms with E-state index in [0.717, 1.165) is 43.9 Å². The van der Waals surface area contributed by atoms with E-state index in [4.69, 9.17) is 0 Å². The SMILES string of the molecule is CCCNC(=O)Cn1c(=O)n(C2CC3CCCC(C2)N3C2CC3CCCC(C3)C2)c(=O)c2ccccc21. The number of piperidine rings is 2. The van der Waals surface area contributed by atoms with Crippen LogP contribution in [0.25, 0.3) is 10.9 Å². The first-order chi connectivity index (χ1) is 18.0. The number of para-hydroxylation sites is 1. The molecule has 4 bridgehead atoms. The third-order valence-corrected chi connectivity index (χ3v) is 9.85. The molecular formula is C30H42N4O3. The number of hydrogen-bond acceptors (Lipinski definition) is 4. The molecule has 0 spiro atoms. The number of rotatable bonds is 6. The van der Waals surface area contributed by atoms with Gasteiger partial charge in [-0.2, -0.15) is 0 Å². The van der Waals surface area contributed by atoms with E-state index in [1.807, 2.05) is 19.1 Å². The van der Waals surface area contributed by atoms with E-state index in [9.17, 15) is 14.4 Å². The molecule has 2 saturated carbocycles. The summed E-state index contributed by atoms with van der Waals surface area (Å²) in [6.45, 7) is 2.52. The number of aromatic nitrogens is 2. The van der Waals surface area contributed by atoms with Gasteiger partial charge in [-0.05, 0) is 75.3 Å². The Balaban J connectivity index is 1.32. The Morgan fingerprint density at radius 2 is 1.54 bits per heavy atom. The lowest BCUT2D eigenvalue weighted by molar-refractivity contribution is -0.121. The highest BCUT2D eigenvalue weighted by Gasteiger charge is 2.45. The number of fused-ring (bicyclic) bond motifs is 5. The number of benzene rings is 1. The van der Waals surface area contributed by atoms with E-state index in [2.05, 4.69) is 10.2 Å². The molecule has 1 N–H and O–H groups in total. The van der Waals surface area contributed by atoms with Gasteiger partial charge in [-0.3, -0.25) is 23.6 Å². The standard InChI is InChI=1S/C30H42N4O3/c1-2-13-31-28(35)19-32-27-12-4-3-11-26(27)29(36)34(30(32)37)25-17-22-9-6-10-23(18-25)33(22)24-15-20-7-5-8-21(14-20)16-24/h3-4,11-12,20-25H,2,5-10,13-19H2,1H3,(H,31,35).